The molecule has 0 aliphatic carbocycles. The molecule has 6 heteroatoms. The summed E-state index contributed by atoms with van der Waals surface area (Å²) in [6, 6.07) is 4.03. The van der Waals surface area contributed by atoms with E-state index in [0.717, 1.165) is 6.07 Å². The third-order valence-corrected chi connectivity index (χ3v) is 3.74. The van der Waals surface area contributed by atoms with Gasteiger partial charge in [-0.05, 0) is 37.1 Å². The molecule has 0 heterocycles. The first-order valence-electron chi connectivity index (χ1n) is 5.49. The van der Waals surface area contributed by atoms with Crippen molar-refractivity contribution in [3.05, 3.63) is 29.6 Å². The summed E-state index contributed by atoms with van der Waals surface area (Å²) in [7, 11) is -3.76. The van der Waals surface area contributed by atoms with Crippen molar-refractivity contribution in [3.63, 3.8) is 0 Å². The van der Waals surface area contributed by atoms with Crippen molar-refractivity contribution in [2.24, 2.45) is 5.73 Å². The van der Waals surface area contributed by atoms with Crippen LogP contribution in [0.25, 0.3) is 0 Å². The first-order valence-corrected chi connectivity index (χ1v) is 6.97. The number of nitrogens with one attached hydrogen (secondary N) is 1. The summed E-state index contributed by atoms with van der Waals surface area (Å²) in [5, 5.41) is 0. The molecule has 1 aromatic rings. The van der Waals surface area contributed by atoms with E-state index in [1.165, 1.54) is 6.07 Å². The van der Waals surface area contributed by atoms with Crippen LogP contribution >= 0.6 is 0 Å². The molecule has 0 amide bonds. The largest absolute Gasteiger partial charge is 0.330 e. The number of hydrogen-bond acceptors (Lipinski definition) is 3. The molecule has 0 bridgehead atoms. The van der Waals surface area contributed by atoms with E-state index in [1.54, 1.807) is 6.07 Å². The molecule has 17 heavy (non-hydrogen) atoms. The lowest BCUT2D eigenvalue weighted by molar-refractivity contribution is 0.556. The van der Waals surface area contributed by atoms with E-state index in [9.17, 15) is 12.8 Å². The van der Waals surface area contributed by atoms with Gasteiger partial charge in [-0.15, -0.1) is 0 Å². The summed E-state index contributed by atoms with van der Waals surface area (Å²) in [6.07, 6.45) is 1.18. The van der Waals surface area contributed by atoms with Crippen LogP contribution in [0.4, 0.5) is 4.39 Å². The molecule has 96 valence electrons. The maximum Gasteiger partial charge on any atom is 0.243 e. The summed E-state index contributed by atoms with van der Waals surface area (Å²) in [5.74, 6) is -0.741. The Morgan fingerprint density at radius 1 is 1.41 bits per heavy atom. The molecule has 0 saturated heterocycles. The van der Waals surface area contributed by atoms with Gasteiger partial charge in [0.15, 0.2) is 0 Å². The molecular formula is C11H17FN2O2S. The molecule has 4 nitrogen and oxygen atoms in total. The average molecular weight is 260 g/mol. The van der Waals surface area contributed by atoms with Crippen LogP contribution in [-0.2, 0) is 16.4 Å². The van der Waals surface area contributed by atoms with Gasteiger partial charge in [-0.25, -0.2) is 17.5 Å². The van der Waals surface area contributed by atoms with Crippen LogP contribution in [-0.4, -0.2) is 21.5 Å². The highest BCUT2D eigenvalue weighted by molar-refractivity contribution is 7.89. The monoisotopic (exact) mass is 260 g/mol. The van der Waals surface area contributed by atoms with Crippen molar-refractivity contribution in [1.82, 2.24) is 4.72 Å². The van der Waals surface area contributed by atoms with Gasteiger partial charge < -0.3 is 5.73 Å². The van der Waals surface area contributed by atoms with Gasteiger partial charge in [-0.2, -0.15) is 0 Å². The molecule has 0 aliphatic rings. The van der Waals surface area contributed by atoms with E-state index in [0.29, 0.717) is 31.5 Å². The summed E-state index contributed by atoms with van der Waals surface area (Å²) < 4.78 is 39.4. The topological polar surface area (TPSA) is 72.2 Å². The Kier molecular flexibility index (Phi) is 5.04. The Balaban J connectivity index is 3.07. The Morgan fingerprint density at radius 3 is 2.71 bits per heavy atom. The Labute approximate surface area is 101 Å². The van der Waals surface area contributed by atoms with Crippen LogP contribution in [0.3, 0.4) is 0 Å². The molecule has 0 aliphatic heterocycles. The van der Waals surface area contributed by atoms with Crippen molar-refractivity contribution in [2.75, 3.05) is 13.1 Å². The molecular weight excluding hydrogens is 243 g/mol. The normalized spacial score (nSPS) is 11.7. The van der Waals surface area contributed by atoms with E-state index in [4.69, 9.17) is 5.73 Å². The van der Waals surface area contributed by atoms with Gasteiger partial charge in [-0.1, -0.05) is 13.0 Å². The maximum atomic E-state index is 13.5. The zero-order valence-electron chi connectivity index (χ0n) is 9.74. The number of benzene rings is 1. The predicted molar refractivity (Wildman–Crippen MR) is 64.6 cm³/mol. The van der Waals surface area contributed by atoms with Gasteiger partial charge in [0.25, 0.3) is 0 Å². The lowest BCUT2D eigenvalue weighted by Crippen LogP contribution is -2.25. The number of nitrogens with two attached hydrogens (primary N) is 1. The SMILES string of the molecule is CCCNS(=O)(=O)c1cc(CCN)ccc1F. The minimum absolute atomic E-state index is 0.295. The van der Waals surface area contributed by atoms with Crippen LogP contribution < -0.4 is 10.5 Å². The second kappa shape index (κ2) is 6.09. The molecule has 1 aromatic carbocycles. The van der Waals surface area contributed by atoms with Gasteiger partial charge in [0.2, 0.25) is 10.0 Å². The van der Waals surface area contributed by atoms with E-state index in [2.05, 4.69) is 4.72 Å². The maximum absolute atomic E-state index is 13.5. The molecule has 0 aromatic heterocycles. The summed E-state index contributed by atoms with van der Waals surface area (Å²) in [5.41, 5.74) is 6.09. The number of sulfonamides is 1. The highest BCUT2D eigenvalue weighted by Crippen LogP contribution is 2.16. The Morgan fingerprint density at radius 2 is 2.12 bits per heavy atom. The fourth-order valence-electron chi connectivity index (χ4n) is 1.39. The molecule has 0 radical (unpaired) electrons. The fraction of sp³-hybridized carbons (Fsp3) is 0.455. The van der Waals surface area contributed by atoms with Crippen molar-refractivity contribution < 1.29 is 12.8 Å². The highest BCUT2D eigenvalue weighted by Gasteiger charge is 2.18. The lowest BCUT2D eigenvalue weighted by Gasteiger charge is -2.08. The van der Waals surface area contributed by atoms with Crippen molar-refractivity contribution in [3.8, 4) is 0 Å². The minimum Gasteiger partial charge on any atom is -0.330 e. The average Bonchev–Trinajstić information content (AvgIpc) is 2.29. The second-order valence-corrected chi connectivity index (χ2v) is 5.44. The quantitative estimate of drug-likeness (QED) is 0.802. The number of rotatable bonds is 6. The van der Waals surface area contributed by atoms with Crippen LogP contribution in [0.1, 0.15) is 18.9 Å². The van der Waals surface area contributed by atoms with E-state index in [1.807, 2.05) is 6.92 Å². The molecule has 0 fully saturated rings. The van der Waals surface area contributed by atoms with E-state index in [-0.39, 0.29) is 4.90 Å². The van der Waals surface area contributed by atoms with Gasteiger partial charge >= 0.3 is 0 Å². The molecule has 3 N–H and O–H groups in total. The zero-order valence-corrected chi connectivity index (χ0v) is 10.6. The van der Waals surface area contributed by atoms with Gasteiger partial charge in [0.1, 0.15) is 10.7 Å². The van der Waals surface area contributed by atoms with Crippen LogP contribution in [0, 0.1) is 5.82 Å². The molecule has 0 unspecified atom stereocenters. The number of halogens is 1. The molecule has 0 atom stereocenters. The third kappa shape index (κ3) is 3.76. The fourth-order valence-corrected chi connectivity index (χ4v) is 2.65. The summed E-state index contributed by atoms with van der Waals surface area (Å²) >= 11 is 0. The first kappa shape index (κ1) is 14.1. The van der Waals surface area contributed by atoms with Gasteiger partial charge in [0.05, 0.1) is 0 Å². The molecule has 1 rings (SSSR count). The van der Waals surface area contributed by atoms with Gasteiger partial charge in [0, 0.05) is 6.54 Å². The number of hydrogen-bond donors (Lipinski definition) is 2. The van der Waals surface area contributed by atoms with E-state index >= 15 is 0 Å². The highest BCUT2D eigenvalue weighted by atomic mass is 32.2. The Bertz CT molecular complexity index is 474. The molecule has 0 saturated carbocycles. The van der Waals surface area contributed by atoms with Gasteiger partial charge in [-0.3, -0.25) is 0 Å². The molecule has 0 spiro atoms. The third-order valence-electron chi connectivity index (χ3n) is 2.26. The van der Waals surface area contributed by atoms with Crippen molar-refractivity contribution in [2.45, 2.75) is 24.7 Å². The lowest BCUT2D eigenvalue weighted by atomic mass is 10.1. The van der Waals surface area contributed by atoms with E-state index < -0.39 is 15.8 Å². The van der Waals surface area contributed by atoms with Crippen LogP contribution in [0.15, 0.2) is 23.1 Å². The zero-order chi connectivity index (χ0) is 12.9. The second-order valence-electron chi connectivity index (χ2n) is 3.70. The van der Waals surface area contributed by atoms with Crippen molar-refractivity contribution >= 4 is 10.0 Å². The minimum atomic E-state index is -3.76. The smallest absolute Gasteiger partial charge is 0.243 e. The first-order chi connectivity index (χ1) is 8.01. The van der Waals surface area contributed by atoms with Crippen LogP contribution in [0.2, 0.25) is 0 Å². The summed E-state index contributed by atoms with van der Waals surface area (Å²) in [4.78, 5) is -0.308. The standard InChI is InChI=1S/C11H17FN2O2S/c1-2-7-14-17(15,16)11-8-9(5-6-13)3-4-10(11)12/h3-4,8,14H,2,5-7,13H2,1H3. The Hall–Kier alpha value is -0.980. The van der Waals surface area contributed by atoms with Crippen LogP contribution in [0.5, 0.6) is 0 Å². The predicted octanol–water partition coefficient (Wildman–Crippen LogP) is 1.02. The van der Waals surface area contributed by atoms with Crippen molar-refractivity contribution in [1.29, 1.82) is 0 Å². The summed E-state index contributed by atoms with van der Waals surface area (Å²) in [6.45, 7) is 2.53.